The van der Waals surface area contributed by atoms with Crippen molar-refractivity contribution in [2.75, 3.05) is 19.7 Å². The second-order valence-corrected chi connectivity index (χ2v) is 7.19. The Hall–Kier alpha value is -1.72. The van der Waals surface area contributed by atoms with Crippen molar-refractivity contribution in [3.63, 3.8) is 0 Å². The SMILES string of the molecule is CC(C)(C)c1ccc(OCC(=O)N2CCCCC2)c(C(F)(F)F)c1. The van der Waals surface area contributed by atoms with Crippen molar-refractivity contribution in [1.82, 2.24) is 4.90 Å². The van der Waals surface area contributed by atoms with E-state index in [4.69, 9.17) is 4.74 Å². The molecule has 0 atom stereocenters. The number of rotatable bonds is 3. The van der Waals surface area contributed by atoms with Gasteiger partial charge < -0.3 is 9.64 Å². The fraction of sp³-hybridized carbons (Fsp3) is 0.611. The van der Waals surface area contributed by atoms with Crippen LogP contribution in [0.2, 0.25) is 0 Å². The molecule has 0 radical (unpaired) electrons. The monoisotopic (exact) mass is 343 g/mol. The molecule has 134 valence electrons. The highest BCUT2D eigenvalue weighted by Crippen LogP contribution is 2.39. The Morgan fingerprint density at radius 3 is 2.29 bits per heavy atom. The van der Waals surface area contributed by atoms with Crippen molar-refractivity contribution < 1.29 is 22.7 Å². The average molecular weight is 343 g/mol. The quantitative estimate of drug-likeness (QED) is 0.814. The number of hydrogen-bond acceptors (Lipinski definition) is 2. The molecule has 0 N–H and O–H groups in total. The molecule has 0 spiro atoms. The normalized spacial score (nSPS) is 16.2. The first kappa shape index (κ1) is 18.6. The number of benzene rings is 1. The van der Waals surface area contributed by atoms with Gasteiger partial charge in [0.15, 0.2) is 6.61 Å². The molecular formula is C18H24F3NO2. The van der Waals surface area contributed by atoms with E-state index >= 15 is 0 Å². The first-order valence-electron chi connectivity index (χ1n) is 8.21. The minimum Gasteiger partial charge on any atom is -0.483 e. The minimum absolute atomic E-state index is 0.261. The van der Waals surface area contributed by atoms with E-state index in [0.717, 1.165) is 25.3 Å². The molecule has 0 saturated carbocycles. The molecule has 1 aliphatic heterocycles. The molecule has 3 nitrogen and oxygen atoms in total. The third kappa shape index (κ3) is 4.65. The lowest BCUT2D eigenvalue weighted by Crippen LogP contribution is -2.38. The van der Waals surface area contributed by atoms with Gasteiger partial charge in [0.05, 0.1) is 5.56 Å². The van der Waals surface area contributed by atoms with Crippen LogP contribution in [0.3, 0.4) is 0 Å². The largest absolute Gasteiger partial charge is 0.483 e. The number of carbonyl (C=O) groups excluding carboxylic acids is 1. The summed E-state index contributed by atoms with van der Waals surface area (Å²) in [6, 6.07) is 4.05. The van der Waals surface area contributed by atoms with E-state index in [-0.39, 0.29) is 18.3 Å². The van der Waals surface area contributed by atoms with Crippen LogP contribution < -0.4 is 4.74 Å². The highest BCUT2D eigenvalue weighted by molar-refractivity contribution is 5.77. The molecule has 1 amide bonds. The average Bonchev–Trinajstić information content (AvgIpc) is 2.51. The van der Waals surface area contributed by atoms with E-state index in [2.05, 4.69) is 0 Å². The van der Waals surface area contributed by atoms with Gasteiger partial charge in [0.2, 0.25) is 0 Å². The van der Waals surface area contributed by atoms with Crippen LogP contribution in [-0.4, -0.2) is 30.5 Å². The van der Waals surface area contributed by atoms with Crippen molar-refractivity contribution in [2.45, 2.75) is 51.6 Å². The molecular weight excluding hydrogens is 319 g/mol. The van der Waals surface area contributed by atoms with Crippen LogP contribution in [0.4, 0.5) is 13.2 Å². The van der Waals surface area contributed by atoms with Crippen LogP contribution in [0.25, 0.3) is 0 Å². The number of amides is 1. The lowest BCUT2D eigenvalue weighted by Gasteiger charge is -2.27. The predicted octanol–water partition coefficient (Wildman–Crippen LogP) is 4.39. The Labute approximate surface area is 140 Å². The van der Waals surface area contributed by atoms with Crippen LogP contribution in [0, 0.1) is 0 Å². The van der Waals surface area contributed by atoms with Gasteiger partial charge in [0, 0.05) is 13.1 Å². The van der Waals surface area contributed by atoms with Gasteiger partial charge in [-0.25, -0.2) is 0 Å². The van der Waals surface area contributed by atoms with E-state index in [1.54, 1.807) is 11.0 Å². The maximum absolute atomic E-state index is 13.3. The number of alkyl halides is 3. The zero-order valence-corrected chi connectivity index (χ0v) is 14.4. The third-order valence-corrected chi connectivity index (χ3v) is 4.21. The second-order valence-electron chi connectivity index (χ2n) is 7.19. The smallest absolute Gasteiger partial charge is 0.419 e. The van der Waals surface area contributed by atoms with Crippen LogP contribution in [0.15, 0.2) is 18.2 Å². The van der Waals surface area contributed by atoms with Gasteiger partial charge >= 0.3 is 6.18 Å². The number of hydrogen-bond donors (Lipinski definition) is 0. The number of piperidine rings is 1. The Balaban J connectivity index is 2.15. The van der Waals surface area contributed by atoms with Crippen LogP contribution in [0.5, 0.6) is 5.75 Å². The zero-order valence-electron chi connectivity index (χ0n) is 14.4. The van der Waals surface area contributed by atoms with Crippen LogP contribution in [-0.2, 0) is 16.4 Å². The fourth-order valence-electron chi connectivity index (χ4n) is 2.72. The topological polar surface area (TPSA) is 29.5 Å². The molecule has 24 heavy (non-hydrogen) atoms. The Morgan fingerprint density at radius 2 is 1.75 bits per heavy atom. The lowest BCUT2D eigenvalue weighted by atomic mass is 9.86. The second kappa shape index (κ2) is 7.03. The Morgan fingerprint density at radius 1 is 1.12 bits per heavy atom. The van der Waals surface area contributed by atoms with E-state index in [1.165, 1.54) is 6.07 Å². The zero-order chi connectivity index (χ0) is 18.0. The molecule has 1 aromatic carbocycles. The molecule has 1 aliphatic rings. The van der Waals surface area contributed by atoms with Gasteiger partial charge in [-0.3, -0.25) is 4.79 Å². The van der Waals surface area contributed by atoms with E-state index in [1.807, 2.05) is 20.8 Å². The predicted molar refractivity (Wildman–Crippen MR) is 86.1 cm³/mol. The van der Waals surface area contributed by atoms with Crippen molar-refractivity contribution in [1.29, 1.82) is 0 Å². The Bertz CT molecular complexity index is 585. The summed E-state index contributed by atoms with van der Waals surface area (Å²) in [4.78, 5) is 13.7. The molecule has 1 saturated heterocycles. The van der Waals surface area contributed by atoms with Gasteiger partial charge in [0.1, 0.15) is 5.75 Å². The molecule has 1 aromatic rings. The molecule has 6 heteroatoms. The minimum atomic E-state index is -4.52. The molecule has 1 fully saturated rings. The van der Waals surface area contributed by atoms with E-state index in [9.17, 15) is 18.0 Å². The maximum atomic E-state index is 13.3. The summed E-state index contributed by atoms with van der Waals surface area (Å²) < 4.78 is 45.2. The van der Waals surface area contributed by atoms with Crippen molar-refractivity contribution in [2.24, 2.45) is 0 Å². The highest BCUT2D eigenvalue weighted by Gasteiger charge is 2.36. The van der Waals surface area contributed by atoms with Gasteiger partial charge in [-0.05, 0) is 42.4 Å². The number of halogens is 3. The molecule has 0 bridgehead atoms. The lowest BCUT2D eigenvalue weighted by molar-refractivity contribution is -0.141. The van der Waals surface area contributed by atoms with Crippen molar-refractivity contribution in [3.05, 3.63) is 29.3 Å². The highest BCUT2D eigenvalue weighted by atomic mass is 19.4. The summed E-state index contributed by atoms with van der Waals surface area (Å²) in [7, 11) is 0. The van der Waals surface area contributed by atoms with Gasteiger partial charge in [-0.2, -0.15) is 13.2 Å². The maximum Gasteiger partial charge on any atom is 0.419 e. The first-order chi connectivity index (χ1) is 11.1. The summed E-state index contributed by atoms with van der Waals surface area (Å²) in [5.74, 6) is -0.552. The van der Waals surface area contributed by atoms with Crippen molar-refractivity contribution in [3.8, 4) is 5.75 Å². The Kier molecular flexibility index (Phi) is 5.45. The first-order valence-corrected chi connectivity index (χ1v) is 8.21. The standard InChI is InChI=1S/C18H24F3NO2/c1-17(2,3)13-7-8-15(14(11-13)18(19,20)21)24-12-16(23)22-9-5-4-6-10-22/h7-8,11H,4-6,9-10,12H2,1-3H3. The van der Waals surface area contributed by atoms with Gasteiger partial charge in [-0.1, -0.05) is 26.8 Å². The van der Waals surface area contributed by atoms with Crippen molar-refractivity contribution >= 4 is 5.91 Å². The number of ether oxygens (including phenoxy) is 1. The summed E-state index contributed by atoms with van der Waals surface area (Å²) in [5, 5.41) is 0. The summed E-state index contributed by atoms with van der Waals surface area (Å²) >= 11 is 0. The number of nitrogens with zero attached hydrogens (tertiary/aromatic N) is 1. The van der Waals surface area contributed by atoms with Gasteiger partial charge in [-0.15, -0.1) is 0 Å². The molecule has 0 aliphatic carbocycles. The van der Waals surface area contributed by atoms with Crippen LogP contribution >= 0.6 is 0 Å². The van der Waals surface area contributed by atoms with Gasteiger partial charge in [0.25, 0.3) is 5.91 Å². The third-order valence-electron chi connectivity index (χ3n) is 4.21. The summed E-state index contributed by atoms with van der Waals surface area (Å²) in [6.07, 6.45) is -1.58. The summed E-state index contributed by atoms with van der Waals surface area (Å²) in [5.41, 5.74) is -0.659. The molecule has 0 aromatic heterocycles. The van der Waals surface area contributed by atoms with E-state index < -0.39 is 17.2 Å². The molecule has 0 unspecified atom stereocenters. The number of likely N-dealkylation sites (tertiary alicyclic amines) is 1. The summed E-state index contributed by atoms with van der Waals surface area (Å²) in [6.45, 7) is 6.49. The molecule has 2 rings (SSSR count). The molecule has 1 heterocycles. The van der Waals surface area contributed by atoms with Crippen LogP contribution in [0.1, 0.15) is 51.2 Å². The number of carbonyl (C=O) groups is 1. The van der Waals surface area contributed by atoms with E-state index in [0.29, 0.717) is 18.7 Å². The fourth-order valence-corrected chi connectivity index (χ4v) is 2.72.